The molecule has 1 aromatic rings. The van der Waals surface area contributed by atoms with E-state index in [2.05, 4.69) is 53.2 Å². The minimum Gasteiger partial charge on any atom is -0.105 e. The van der Waals surface area contributed by atoms with Gasteiger partial charge in [0.25, 0.3) is 0 Å². The van der Waals surface area contributed by atoms with E-state index in [9.17, 15) is 0 Å². The molecule has 3 aliphatic rings. The van der Waals surface area contributed by atoms with Crippen molar-refractivity contribution in [3.8, 4) is 0 Å². The van der Waals surface area contributed by atoms with Crippen LogP contribution in [0.4, 0.5) is 0 Å². The van der Waals surface area contributed by atoms with E-state index < -0.39 is 0 Å². The number of halogens is 2. The Morgan fingerprint density at radius 2 is 1.81 bits per heavy atom. The summed E-state index contributed by atoms with van der Waals surface area (Å²) >= 11 is 10.1. The Balaban J connectivity index is 2.01. The summed E-state index contributed by atoms with van der Waals surface area (Å²) in [7, 11) is 0. The summed E-state index contributed by atoms with van der Waals surface area (Å²) in [6.45, 7) is 2.23. The van der Waals surface area contributed by atoms with Gasteiger partial charge in [-0.3, -0.25) is 0 Å². The second kappa shape index (κ2) is 3.61. The molecule has 2 heteroatoms. The molecule has 0 saturated heterocycles. The molecule has 1 aromatic carbocycles. The standard InChI is InChI=1S/C14H14BrCl/c1-9(10-5-3-2-4-6-10)13-11-7-8-12(13)14(11,15)16/h2-6,11-12H,7-8H2,1H3. The molecule has 84 valence electrons. The molecule has 16 heavy (non-hydrogen) atoms. The van der Waals surface area contributed by atoms with Crippen molar-refractivity contribution in [2.45, 2.75) is 23.5 Å². The summed E-state index contributed by atoms with van der Waals surface area (Å²) in [4.78, 5) is 0. The lowest BCUT2D eigenvalue weighted by molar-refractivity contribution is 0.427. The third-order valence-electron chi connectivity index (χ3n) is 4.06. The van der Waals surface area contributed by atoms with E-state index in [1.807, 2.05) is 0 Å². The predicted molar refractivity (Wildman–Crippen MR) is 72.8 cm³/mol. The summed E-state index contributed by atoms with van der Waals surface area (Å²) < 4.78 is -0.141. The molecule has 0 spiro atoms. The summed E-state index contributed by atoms with van der Waals surface area (Å²) in [5.41, 5.74) is 4.36. The molecule has 0 aromatic heterocycles. The Kier molecular flexibility index (Phi) is 2.45. The Hall–Kier alpha value is -0.270. The van der Waals surface area contributed by atoms with Crippen molar-refractivity contribution >= 4 is 33.1 Å². The van der Waals surface area contributed by atoms with Gasteiger partial charge in [0.15, 0.2) is 0 Å². The molecule has 3 saturated carbocycles. The molecule has 0 nitrogen and oxygen atoms in total. The highest BCUT2D eigenvalue weighted by atomic mass is 79.9. The minimum atomic E-state index is -0.141. The van der Waals surface area contributed by atoms with Gasteiger partial charge < -0.3 is 0 Å². The fourth-order valence-corrected chi connectivity index (χ4v) is 4.62. The van der Waals surface area contributed by atoms with Crippen LogP contribution in [-0.2, 0) is 0 Å². The summed E-state index contributed by atoms with van der Waals surface area (Å²) in [6.07, 6.45) is 2.47. The maximum Gasteiger partial charge on any atom is 0.112 e. The third kappa shape index (κ3) is 1.34. The molecular weight excluding hydrogens is 284 g/mol. The number of fused-ring (bicyclic) bond motifs is 1. The summed E-state index contributed by atoms with van der Waals surface area (Å²) in [5.74, 6) is 1.08. The minimum absolute atomic E-state index is 0.141. The average Bonchev–Trinajstić information content (AvgIpc) is 2.87. The zero-order chi connectivity index (χ0) is 11.3. The van der Waals surface area contributed by atoms with Crippen LogP contribution in [0.25, 0.3) is 5.57 Å². The van der Waals surface area contributed by atoms with Gasteiger partial charge in [0.05, 0.1) is 0 Å². The van der Waals surface area contributed by atoms with Crippen molar-refractivity contribution in [2.24, 2.45) is 11.8 Å². The zero-order valence-electron chi connectivity index (χ0n) is 9.21. The van der Waals surface area contributed by atoms with Crippen molar-refractivity contribution in [3.05, 3.63) is 41.5 Å². The van der Waals surface area contributed by atoms with E-state index in [0.29, 0.717) is 11.8 Å². The number of allylic oxidation sites excluding steroid dienone is 2. The first-order valence-electron chi connectivity index (χ1n) is 5.76. The van der Waals surface area contributed by atoms with Crippen LogP contribution >= 0.6 is 27.5 Å². The first-order chi connectivity index (χ1) is 7.62. The van der Waals surface area contributed by atoms with Crippen LogP contribution in [0.5, 0.6) is 0 Å². The number of hydrogen-bond acceptors (Lipinski definition) is 0. The van der Waals surface area contributed by atoms with Crippen molar-refractivity contribution < 1.29 is 0 Å². The maximum absolute atomic E-state index is 6.48. The number of rotatable bonds is 1. The molecule has 4 rings (SSSR count). The van der Waals surface area contributed by atoms with Gasteiger partial charge in [0, 0.05) is 11.8 Å². The molecule has 0 heterocycles. The van der Waals surface area contributed by atoms with Gasteiger partial charge >= 0.3 is 0 Å². The molecule has 2 atom stereocenters. The van der Waals surface area contributed by atoms with Crippen LogP contribution in [-0.4, -0.2) is 3.78 Å². The molecule has 0 aliphatic heterocycles. The van der Waals surface area contributed by atoms with Crippen LogP contribution in [0.3, 0.4) is 0 Å². The van der Waals surface area contributed by atoms with E-state index in [4.69, 9.17) is 11.6 Å². The van der Waals surface area contributed by atoms with E-state index in [-0.39, 0.29) is 3.78 Å². The first kappa shape index (κ1) is 10.9. The fourth-order valence-electron chi connectivity index (χ4n) is 3.21. The van der Waals surface area contributed by atoms with E-state index in [1.54, 1.807) is 5.57 Å². The second-order valence-corrected chi connectivity index (χ2v) is 7.20. The maximum atomic E-state index is 6.48. The van der Waals surface area contributed by atoms with Crippen molar-refractivity contribution in [3.63, 3.8) is 0 Å². The van der Waals surface area contributed by atoms with Crippen LogP contribution in [0, 0.1) is 11.8 Å². The number of alkyl halides is 2. The van der Waals surface area contributed by atoms with Crippen LogP contribution < -0.4 is 0 Å². The van der Waals surface area contributed by atoms with Gasteiger partial charge in [0.1, 0.15) is 3.78 Å². The van der Waals surface area contributed by atoms with Gasteiger partial charge in [-0.1, -0.05) is 51.8 Å². The highest BCUT2D eigenvalue weighted by Gasteiger charge is 2.61. The second-order valence-electron chi connectivity index (χ2n) is 4.80. The normalized spacial score (nSPS) is 36.1. The van der Waals surface area contributed by atoms with Crippen LogP contribution in [0.15, 0.2) is 35.9 Å². The van der Waals surface area contributed by atoms with Gasteiger partial charge in [-0.25, -0.2) is 0 Å². The highest BCUT2D eigenvalue weighted by Crippen LogP contribution is 2.68. The highest BCUT2D eigenvalue weighted by molar-refractivity contribution is 9.10. The van der Waals surface area contributed by atoms with Crippen molar-refractivity contribution in [2.75, 3.05) is 0 Å². The molecule has 0 N–H and O–H groups in total. The van der Waals surface area contributed by atoms with E-state index in [1.165, 1.54) is 24.0 Å². The van der Waals surface area contributed by atoms with Gasteiger partial charge in [-0.05, 0) is 30.9 Å². The Morgan fingerprint density at radius 3 is 2.31 bits per heavy atom. The van der Waals surface area contributed by atoms with Crippen LogP contribution in [0.1, 0.15) is 25.3 Å². The van der Waals surface area contributed by atoms with Gasteiger partial charge in [-0.2, -0.15) is 0 Å². The molecule has 2 bridgehead atoms. The van der Waals surface area contributed by atoms with E-state index >= 15 is 0 Å². The quantitative estimate of drug-likeness (QED) is 0.651. The molecule has 0 amide bonds. The third-order valence-corrected chi connectivity index (χ3v) is 5.70. The van der Waals surface area contributed by atoms with Crippen LogP contribution in [0.2, 0.25) is 0 Å². The van der Waals surface area contributed by atoms with Gasteiger partial charge in [0.2, 0.25) is 0 Å². The summed E-state index contributed by atoms with van der Waals surface area (Å²) in [6, 6.07) is 10.6. The fraction of sp³-hybridized carbons (Fsp3) is 0.429. The van der Waals surface area contributed by atoms with Crippen molar-refractivity contribution in [1.82, 2.24) is 0 Å². The SMILES string of the molecule is CC(=C1C2CCC1C2(Cl)Br)c1ccccc1. The molecule has 2 unspecified atom stereocenters. The number of hydrogen-bond donors (Lipinski definition) is 0. The lowest BCUT2D eigenvalue weighted by Gasteiger charge is -2.44. The lowest BCUT2D eigenvalue weighted by Crippen LogP contribution is -2.42. The topological polar surface area (TPSA) is 0 Å². The Morgan fingerprint density at radius 1 is 1.25 bits per heavy atom. The zero-order valence-corrected chi connectivity index (χ0v) is 11.6. The monoisotopic (exact) mass is 296 g/mol. The molecule has 0 radical (unpaired) electrons. The van der Waals surface area contributed by atoms with E-state index in [0.717, 1.165) is 0 Å². The van der Waals surface area contributed by atoms with Gasteiger partial charge in [-0.15, -0.1) is 11.6 Å². The Labute approximate surface area is 110 Å². The lowest BCUT2D eigenvalue weighted by atomic mass is 9.73. The molecule has 3 fully saturated rings. The smallest absolute Gasteiger partial charge is 0.105 e. The molecular formula is C14H14BrCl. The molecule has 3 aliphatic carbocycles. The largest absolute Gasteiger partial charge is 0.112 e. The average molecular weight is 298 g/mol. The summed E-state index contributed by atoms with van der Waals surface area (Å²) in [5, 5.41) is 0. The number of benzene rings is 1. The first-order valence-corrected chi connectivity index (χ1v) is 6.93. The van der Waals surface area contributed by atoms with Crippen molar-refractivity contribution in [1.29, 1.82) is 0 Å². The predicted octanol–water partition coefficient (Wildman–Crippen LogP) is 4.83. The Bertz CT molecular complexity index is 431.